The van der Waals surface area contributed by atoms with Gasteiger partial charge in [0.1, 0.15) is 0 Å². The standard InChI is InChI=1S/C36H42/c1-2-3-4-5-6-7-8-9-10-11-12-13-16-28-19-22-33-31(25-28)20-24-35-34(33)23-21-32-26-29-17-14-15-18-30(29)27-36(32)35/h14-15,17-27H,2-13,16H2,1H3. The zero-order valence-corrected chi connectivity index (χ0v) is 22.2. The summed E-state index contributed by atoms with van der Waals surface area (Å²) in [5.41, 5.74) is 1.49. The van der Waals surface area contributed by atoms with Crippen LogP contribution in [0.1, 0.15) is 89.5 Å². The van der Waals surface area contributed by atoms with E-state index in [2.05, 4.69) is 85.8 Å². The van der Waals surface area contributed by atoms with Crippen LogP contribution in [-0.4, -0.2) is 0 Å². The topological polar surface area (TPSA) is 0 Å². The lowest BCUT2D eigenvalue weighted by Gasteiger charge is -2.10. The van der Waals surface area contributed by atoms with Crippen molar-refractivity contribution in [3.05, 3.63) is 84.4 Å². The van der Waals surface area contributed by atoms with E-state index >= 15 is 0 Å². The van der Waals surface area contributed by atoms with Gasteiger partial charge >= 0.3 is 0 Å². The van der Waals surface area contributed by atoms with Crippen molar-refractivity contribution in [3.63, 3.8) is 0 Å². The normalized spacial score (nSPS) is 11.8. The van der Waals surface area contributed by atoms with Crippen molar-refractivity contribution in [2.45, 2.75) is 90.4 Å². The molecule has 5 aromatic rings. The molecule has 0 aliphatic rings. The lowest BCUT2D eigenvalue weighted by atomic mass is 9.94. The number of benzene rings is 5. The third-order valence-electron chi connectivity index (χ3n) is 8.08. The maximum atomic E-state index is 2.43. The van der Waals surface area contributed by atoms with E-state index in [1.54, 1.807) is 0 Å². The summed E-state index contributed by atoms with van der Waals surface area (Å²) in [5, 5.41) is 10.8. The van der Waals surface area contributed by atoms with Gasteiger partial charge in [0.25, 0.3) is 0 Å². The van der Waals surface area contributed by atoms with Gasteiger partial charge in [-0.05, 0) is 73.6 Å². The molecular weight excluding hydrogens is 432 g/mol. The van der Waals surface area contributed by atoms with Crippen LogP contribution < -0.4 is 0 Å². The molecule has 0 nitrogen and oxygen atoms in total. The highest BCUT2D eigenvalue weighted by atomic mass is 14.1. The fourth-order valence-electron chi connectivity index (χ4n) is 5.95. The summed E-state index contributed by atoms with van der Waals surface area (Å²) >= 11 is 0. The van der Waals surface area contributed by atoms with Crippen LogP contribution >= 0.6 is 0 Å². The average molecular weight is 475 g/mol. The highest BCUT2D eigenvalue weighted by molar-refractivity contribution is 6.19. The Morgan fingerprint density at radius 2 is 0.917 bits per heavy atom. The second-order valence-electron chi connectivity index (χ2n) is 10.8. The Morgan fingerprint density at radius 3 is 1.58 bits per heavy atom. The number of hydrogen-bond donors (Lipinski definition) is 0. The Bertz CT molecular complexity index is 1420. The number of fused-ring (bicyclic) bond motifs is 6. The Morgan fingerprint density at radius 1 is 0.389 bits per heavy atom. The highest BCUT2D eigenvalue weighted by Crippen LogP contribution is 2.34. The van der Waals surface area contributed by atoms with E-state index in [1.807, 2.05) is 0 Å². The molecule has 0 radical (unpaired) electrons. The molecule has 36 heavy (non-hydrogen) atoms. The predicted molar refractivity (Wildman–Crippen MR) is 161 cm³/mol. The summed E-state index contributed by atoms with van der Waals surface area (Å²) in [7, 11) is 0. The molecule has 0 aliphatic carbocycles. The van der Waals surface area contributed by atoms with Crippen LogP contribution in [0.15, 0.2) is 78.9 Å². The van der Waals surface area contributed by atoms with Crippen molar-refractivity contribution >= 4 is 43.1 Å². The van der Waals surface area contributed by atoms with E-state index in [1.165, 1.54) is 132 Å². The number of unbranched alkanes of at least 4 members (excludes halogenated alkanes) is 11. The van der Waals surface area contributed by atoms with E-state index < -0.39 is 0 Å². The summed E-state index contributed by atoms with van der Waals surface area (Å²) in [6, 6.07) is 29.8. The average Bonchev–Trinajstić information content (AvgIpc) is 2.92. The van der Waals surface area contributed by atoms with Crippen molar-refractivity contribution < 1.29 is 0 Å². The molecule has 5 aromatic carbocycles. The van der Waals surface area contributed by atoms with E-state index in [-0.39, 0.29) is 0 Å². The van der Waals surface area contributed by atoms with Gasteiger partial charge in [0.05, 0.1) is 0 Å². The zero-order chi connectivity index (χ0) is 24.6. The van der Waals surface area contributed by atoms with Crippen LogP contribution in [0.25, 0.3) is 43.1 Å². The van der Waals surface area contributed by atoms with Gasteiger partial charge in [-0.1, -0.05) is 144 Å². The van der Waals surface area contributed by atoms with Gasteiger partial charge in [-0.2, -0.15) is 0 Å². The lowest BCUT2D eigenvalue weighted by Crippen LogP contribution is -1.88. The van der Waals surface area contributed by atoms with Crippen molar-refractivity contribution in [1.82, 2.24) is 0 Å². The first-order chi connectivity index (χ1) is 17.8. The van der Waals surface area contributed by atoms with Crippen molar-refractivity contribution in [2.75, 3.05) is 0 Å². The number of hydrogen-bond acceptors (Lipinski definition) is 0. The zero-order valence-electron chi connectivity index (χ0n) is 22.2. The van der Waals surface area contributed by atoms with Gasteiger partial charge in [0, 0.05) is 0 Å². The fraction of sp³-hybridized carbons (Fsp3) is 0.389. The molecule has 0 atom stereocenters. The van der Waals surface area contributed by atoms with Crippen LogP contribution in [-0.2, 0) is 6.42 Å². The minimum absolute atomic E-state index is 1.20. The predicted octanol–water partition coefficient (Wildman–Crippen LogP) is 11.5. The lowest BCUT2D eigenvalue weighted by molar-refractivity contribution is 0.544. The van der Waals surface area contributed by atoms with Gasteiger partial charge < -0.3 is 0 Å². The van der Waals surface area contributed by atoms with Gasteiger partial charge in [-0.25, -0.2) is 0 Å². The summed E-state index contributed by atoms with van der Waals surface area (Å²) in [6.07, 6.45) is 18.1. The molecule has 0 unspecified atom stereocenters. The van der Waals surface area contributed by atoms with Gasteiger partial charge in [0.15, 0.2) is 0 Å². The molecule has 0 heteroatoms. The van der Waals surface area contributed by atoms with Crippen LogP contribution in [0.5, 0.6) is 0 Å². The first-order valence-electron chi connectivity index (χ1n) is 14.6. The summed E-state index contributed by atoms with van der Waals surface area (Å²) in [6.45, 7) is 2.30. The van der Waals surface area contributed by atoms with Crippen LogP contribution in [0.2, 0.25) is 0 Å². The molecule has 0 fully saturated rings. The molecular formula is C36H42. The third-order valence-corrected chi connectivity index (χ3v) is 8.08. The first kappa shape index (κ1) is 24.8. The molecule has 0 saturated carbocycles. The monoisotopic (exact) mass is 474 g/mol. The molecule has 0 heterocycles. The Balaban J connectivity index is 1.16. The Labute approximate surface area is 217 Å². The van der Waals surface area contributed by atoms with Crippen LogP contribution in [0.3, 0.4) is 0 Å². The molecule has 5 rings (SSSR count). The third kappa shape index (κ3) is 5.92. The SMILES string of the molecule is CCCCCCCCCCCCCCc1ccc2c(ccc3c4cc5ccccc5cc4ccc23)c1. The van der Waals surface area contributed by atoms with Crippen LogP contribution in [0.4, 0.5) is 0 Å². The van der Waals surface area contributed by atoms with Crippen molar-refractivity contribution in [1.29, 1.82) is 0 Å². The Kier molecular flexibility index (Phi) is 8.55. The van der Waals surface area contributed by atoms with Crippen molar-refractivity contribution in [3.8, 4) is 0 Å². The van der Waals surface area contributed by atoms with Crippen molar-refractivity contribution in [2.24, 2.45) is 0 Å². The maximum Gasteiger partial charge on any atom is -0.00987 e. The smallest absolute Gasteiger partial charge is 0.00987 e. The van der Waals surface area contributed by atoms with E-state index in [0.29, 0.717) is 0 Å². The van der Waals surface area contributed by atoms with E-state index in [4.69, 9.17) is 0 Å². The molecule has 0 aromatic heterocycles. The molecule has 0 aliphatic heterocycles. The molecule has 0 spiro atoms. The number of rotatable bonds is 13. The highest BCUT2D eigenvalue weighted by Gasteiger charge is 2.07. The summed E-state index contributed by atoms with van der Waals surface area (Å²) in [5.74, 6) is 0. The fourth-order valence-corrected chi connectivity index (χ4v) is 5.95. The number of aryl methyl sites for hydroxylation is 1. The van der Waals surface area contributed by atoms with Gasteiger partial charge in [-0.3, -0.25) is 0 Å². The Hall–Kier alpha value is -2.86. The maximum absolute atomic E-state index is 2.43. The largest absolute Gasteiger partial charge is 0.0654 e. The van der Waals surface area contributed by atoms with E-state index in [9.17, 15) is 0 Å². The second-order valence-corrected chi connectivity index (χ2v) is 10.8. The summed E-state index contributed by atoms with van der Waals surface area (Å²) < 4.78 is 0. The van der Waals surface area contributed by atoms with Gasteiger partial charge in [-0.15, -0.1) is 0 Å². The first-order valence-corrected chi connectivity index (χ1v) is 14.6. The van der Waals surface area contributed by atoms with Gasteiger partial charge in [0.2, 0.25) is 0 Å². The second kappa shape index (κ2) is 12.4. The van der Waals surface area contributed by atoms with E-state index in [0.717, 1.165) is 0 Å². The molecule has 0 amide bonds. The molecule has 0 bridgehead atoms. The molecule has 0 N–H and O–H groups in total. The molecule has 0 saturated heterocycles. The summed E-state index contributed by atoms with van der Waals surface area (Å²) in [4.78, 5) is 0. The van der Waals surface area contributed by atoms with Crippen LogP contribution in [0, 0.1) is 0 Å². The quantitative estimate of drug-likeness (QED) is 0.0904. The minimum atomic E-state index is 1.20. The minimum Gasteiger partial charge on any atom is -0.0654 e. The molecule has 186 valence electrons.